The van der Waals surface area contributed by atoms with Crippen LogP contribution in [-0.4, -0.2) is 62.5 Å². The number of thioether (sulfide) groups is 1. The van der Waals surface area contributed by atoms with Crippen molar-refractivity contribution in [3.05, 3.63) is 17.4 Å². The molecule has 26 heavy (non-hydrogen) atoms. The first-order chi connectivity index (χ1) is 12.5. The number of aliphatic hydroxyl groups excluding tert-OH is 3. The Morgan fingerprint density at radius 3 is 2.65 bits per heavy atom. The number of rotatable bonds is 4. The Balaban J connectivity index is 1.66. The van der Waals surface area contributed by atoms with Gasteiger partial charge in [-0.15, -0.1) is 0 Å². The Hall–Kier alpha value is -1.39. The van der Waals surface area contributed by atoms with Crippen molar-refractivity contribution in [1.82, 2.24) is 9.97 Å². The molecule has 1 aromatic heterocycles. The van der Waals surface area contributed by atoms with Crippen LogP contribution in [0.3, 0.4) is 0 Å². The largest absolute Gasteiger partial charge is 0.394 e. The maximum atomic E-state index is 10.4. The summed E-state index contributed by atoms with van der Waals surface area (Å²) in [5.74, 6) is 2.00. The lowest BCUT2D eigenvalue weighted by Crippen LogP contribution is -2.42. The molecule has 1 saturated heterocycles. The van der Waals surface area contributed by atoms with E-state index in [1.54, 1.807) is 4.90 Å². The fourth-order valence-corrected chi connectivity index (χ4v) is 4.77. The topological polar surface area (TPSA) is 111 Å². The van der Waals surface area contributed by atoms with E-state index in [0.717, 1.165) is 23.6 Å². The highest BCUT2D eigenvalue weighted by Gasteiger charge is 2.48. The molecule has 4 atom stereocenters. The van der Waals surface area contributed by atoms with Gasteiger partial charge in [0.2, 0.25) is 0 Å². The minimum absolute atomic E-state index is 0.369. The zero-order chi connectivity index (χ0) is 18.4. The fraction of sp³-hybridized carbons (Fsp3) is 0.647. The second kappa shape index (κ2) is 6.97. The summed E-state index contributed by atoms with van der Waals surface area (Å²) >= 11 is 1.43. The van der Waals surface area contributed by atoms with Crippen LogP contribution in [0.15, 0.2) is 16.5 Å². The lowest BCUT2D eigenvalue weighted by atomic mass is 10.1. The number of aryl methyl sites for hydroxylation is 1. The standard InChI is InChI=1S/C17H24N4O4S/c1-8-18-15(20-10-5-3-4-6-10)14-16(19-8)21(9(2)26-14)17-13(24)12(23)11(7-22)25-17/h10-13,17,22-24H,2-7H2,1H3,(H,18,19,20)/t11-,12-,13-,17-/m1/s1. The molecule has 0 radical (unpaired) electrons. The quantitative estimate of drug-likeness (QED) is 0.607. The van der Waals surface area contributed by atoms with Crippen molar-refractivity contribution in [3.63, 3.8) is 0 Å². The molecule has 9 heteroatoms. The molecule has 0 amide bonds. The fourth-order valence-electron chi connectivity index (χ4n) is 3.81. The SMILES string of the molecule is C=C1Sc2c(NC3CCCC3)nc(C)nc2N1[C@@H]1O[C@H](CO)[C@@H](O)[C@H]1O. The Morgan fingerprint density at radius 2 is 2.00 bits per heavy atom. The monoisotopic (exact) mass is 380 g/mol. The Bertz CT molecular complexity index is 712. The van der Waals surface area contributed by atoms with Crippen LogP contribution in [0, 0.1) is 6.92 Å². The molecule has 142 valence electrons. The molecule has 1 aromatic rings. The van der Waals surface area contributed by atoms with Gasteiger partial charge in [-0.25, -0.2) is 9.97 Å². The van der Waals surface area contributed by atoms with Gasteiger partial charge in [-0.1, -0.05) is 31.2 Å². The van der Waals surface area contributed by atoms with E-state index in [-0.39, 0.29) is 6.61 Å². The molecule has 4 rings (SSSR count). The first kappa shape index (κ1) is 18.0. The van der Waals surface area contributed by atoms with Crippen molar-refractivity contribution < 1.29 is 20.1 Å². The van der Waals surface area contributed by atoms with Crippen LogP contribution in [0.1, 0.15) is 31.5 Å². The highest BCUT2D eigenvalue weighted by molar-refractivity contribution is 8.03. The van der Waals surface area contributed by atoms with Gasteiger partial charge in [-0.05, 0) is 19.8 Å². The van der Waals surface area contributed by atoms with Crippen molar-refractivity contribution >= 4 is 23.4 Å². The second-order valence-corrected chi connectivity index (χ2v) is 8.08. The maximum absolute atomic E-state index is 10.4. The number of ether oxygens (including phenoxy) is 1. The normalized spacial score (nSPS) is 31.7. The van der Waals surface area contributed by atoms with Gasteiger partial charge in [0.1, 0.15) is 30.0 Å². The van der Waals surface area contributed by atoms with Crippen molar-refractivity contribution in [1.29, 1.82) is 0 Å². The predicted octanol–water partition coefficient (Wildman–Crippen LogP) is 0.962. The molecular weight excluding hydrogens is 356 g/mol. The molecular formula is C17H24N4O4S. The lowest BCUT2D eigenvalue weighted by Gasteiger charge is -2.28. The predicted molar refractivity (Wildman–Crippen MR) is 97.9 cm³/mol. The van der Waals surface area contributed by atoms with Crippen LogP contribution >= 0.6 is 11.8 Å². The van der Waals surface area contributed by atoms with E-state index in [1.807, 2.05) is 6.92 Å². The zero-order valence-corrected chi connectivity index (χ0v) is 15.4. The van der Waals surface area contributed by atoms with Gasteiger partial charge in [0, 0.05) is 6.04 Å². The average Bonchev–Trinajstić information content (AvgIpc) is 3.29. The van der Waals surface area contributed by atoms with Crippen LogP contribution in [-0.2, 0) is 4.74 Å². The van der Waals surface area contributed by atoms with Crippen LogP contribution < -0.4 is 10.2 Å². The summed E-state index contributed by atoms with van der Waals surface area (Å²) in [7, 11) is 0. The molecule has 0 aromatic carbocycles. The number of aliphatic hydroxyl groups is 3. The van der Waals surface area contributed by atoms with E-state index < -0.39 is 24.5 Å². The molecule has 3 heterocycles. The summed E-state index contributed by atoms with van der Waals surface area (Å²) in [6, 6.07) is 0.408. The van der Waals surface area contributed by atoms with Crippen molar-refractivity contribution in [2.45, 2.75) is 68.1 Å². The van der Waals surface area contributed by atoms with Crippen LogP contribution in [0.5, 0.6) is 0 Å². The molecule has 0 bridgehead atoms. The minimum atomic E-state index is -1.17. The van der Waals surface area contributed by atoms with E-state index in [0.29, 0.717) is 22.7 Å². The van der Waals surface area contributed by atoms with Crippen molar-refractivity contribution in [2.24, 2.45) is 0 Å². The Kier molecular flexibility index (Phi) is 4.83. The number of nitrogens with zero attached hydrogens (tertiary/aromatic N) is 3. The molecule has 1 aliphatic carbocycles. The van der Waals surface area contributed by atoms with Gasteiger partial charge in [-0.2, -0.15) is 0 Å². The number of anilines is 2. The van der Waals surface area contributed by atoms with E-state index in [1.165, 1.54) is 24.6 Å². The van der Waals surface area contributed by atoms with Crippen molar-refractivity contribution in [2.75, 3.05) is 16.8 Å². The highest BCUT2D eigenvalue weighted by atomic mass is 32.2. The molecule has 0 unspecified atom stereocenters. The van der Waals surface area contributed by atoms with Crippen molar-refractivity contribution in [3.8, 4) is 0 Å². The number of nitrogens with one attached hydrogen (secondary N) is 1. The van der Waals surface area contributed by atoms with E-state index in [4.69, 9.17) is 4.74 Å². The molecule has 2 aliphatic heterocycles. The Labute approximate surface area is 156 Å². The summed E-state index contributed by atoms with van der Waals surface area (Å²) < 4.78 is 5.68. The van der Waals surface area contributed by atoms with E-state index >= 15 is 0 Å². The van der Waals surface area contributed by atoms with Crippen LogP contribution in [0.25, 0.3) is 0 Å². The first-order valence-corrected chi connectivity index (χ1v) is 9.75. The molecule has 1 saturated carbocycles. The third-order valence-electron chi connectivity index (χ3n) is 5.14. The highest BCUT2D eigenvalue weighted by Crippen LogP contribution is 2.50. The molecule has 2 fully saturated rings. The minimum Gasteiger partial charge on any atom is -0.394 e. The third-order valence-corrected chi connectivity index (χ3v) is 6.16. The summed E-state index contributed by atoms with van der Waals surface area (Å²) in [6.07, 6.45) is 0.677. The van der Waals surface area contributed by atoms with E-state index in [9.17, 15) is 15.3 Å². The average molecular weight is 380 g/mol. The smallest absolute Gasteiger partial charge is 0.165 e. The number of aromatic nitrogens is 2. The van der Waals surface area contributed by atoms with Gasteiger partial charge < -0.3 is 25.4 Å². The maximum Gasteiger partial charge on any atom is 0.165 e. The molecule has 8 nitrogen and oxygen atoms in total. The van der Waals surface area contributed by atoms with Gasteiger partial charge in [0.05, 0.1) is 16.5 Å². The third kappa shape index (κ3) is 2.97. The summed E-state index contributed by atoms with van der Waals surface area (Å²) in [6.45, 7) is 5.52. The Morgan fingerprint density at radius 1 is 1.27 bits per heavy atom. The first-order valence-electron chi connectivity index (χ1n) is 8.93. The second-order valence-electron chi connectivity index (χ2n) is 6.99. The van der Waals surface area contributed by atoms with Crippen LogP contribution in [0.2, 0.25) is 0 Å². The summed E-state index contributed by atoms with van der Waals surface area (Å²) in [5.41, 5.74) is 0. The van der Waals surface area contributed by atoms with Gasteiger partial charge in [0.25, 0.3) is 0 Å². The summed E-state index contributed by atoms with van der Waals surface area (Å²) in [4.78, 5) is 11.6. The van der Waals surface area contributed by atoms with Gasteiger partial charge >= 0.3 is 0 Å². The number of hydrogen-bond donors (Lipinski definition) is 4. The van der Waals surface area contributed by atoms with Gasteiger partial charge in [0.15, 0.2) is 12.0 Å². The van der Waals surface area contributed by atoms with E-state index in [2.05, 4.69) is 21.9 Å². The number of hydrogen-bond acceptors (Lipinski definition) is 9. The lowest BCUT2D eigenvalue weighted by molar-refractivity contribution is -0.0205. The number of fused-ring (bicyclic) bond motifs is 1. The van der Waals surface area contributed by atoms with Gasteiger partial charge in [-0.3, -0.25) is 4.90 Å². The molecule has 0 spiro atoms. The molecule has 3 aliphatic rings. The summed E-state index contributed by atoms with van der Waals surface area (Å²) in [5, 5.41) is 34.0. The molecule has 4 N–H and O–H groups in total. The zero-order valence-electron chi connectivity index (χ0n) is 14.6. The van der Waals surface area contributed by atoms with Crippen LogP contribution in [0.4, 0.5) is 11.6 Å².